The van der Waals surface area contributed by atoms with Crippen molar-refractivity contribution in [3.63, 3.8) is 0 Å². The molecule has 2 aromatic rings. The van der Waals surface area contributed by atoms with Gasteiger partial charge in [0, 0.05) is 24.8 Å². The average molecular weight is 739 g/mol. The maximum absolute atomic E-state index is 13.5. The van der Waals surface area contributed by atoms with Crippen LogP contribution in [-0.2, 0) is 24.0 Å². The van der Waals surface area contributed by atoms with Crippen LogP contribution in [0.3, 0.4) is 0 Å². The fourth-order valence-corrected chi connectivity index (χ4v) is 8.36. The summed E-state index contributed by atoms with van der Waals surface area (Å²) in [5.74, 6) is -6.55. The van der Waals surface area contributed by atoms with Crippen LogP contribution >= 0.6 is 34.7 Å². The lowest BCUT2D eigenvalue weighted by atomic mass is 10.0. The summed E-state index contributed by atoms with van der Waals surface area (Å²) >= 11 is 7.67. The first kappa shape index (κ1) is 33.9. The summed E-state index contributed by atoms with van der Waals surface area (Å²) in [4.78, 5) is 87.3. The Hall–Kier alpha value is -5.02. The van der Waals surface area contributed by atoms with Gasteiger partial charge in [-0.05, 0) is 25.0 Å². The number of urea groups is 1. The van der Waals surface area contributed by atoms with Gasteiger partial charge < -0.3 is 41.2 Å². The number of carbonyl (C=O) groups is 6. The van der Waals surface area contributed by atoms with E-state index in [2.05, 4.69) is 20.9 Å². The number of β-lactam (4-membered cyclic amide) rings is 1. The number of carbonyl (C=O) groups excluding carboxylic acids is 4. The first-order valence-electron chi connectivity index (χ1n) is 14.5. The van der Waals surface area contributed by atoms with Crippen molar-refractivity contribution in [2.45, 2.75) is 47.6 Å². The maximum atomic E-state index is 13.5. The van der Waals surface area contributed by atoms with Gasteiger partial charge in [-0.15, -0.1) is 11.3 Å². The van der Waals surface area contributed by atoms with Crippen molar-refractivity contribution in [3.05, 3.63) is 33.8 Å². The number of halogens is 1. The topological polar surface area (TPSA) is 278 Å². The number of nitrogens with two attached hydrogens (primary N) is 1. The van der Waals surface area contributed by atoms with Gasteiger partial charge in [0.25, 0.3) is 11.8 Å². The van der Waals surface area contributed by atoms with E-state index in [1.165, 1.54) is 10.3 Å². The van der Waals surface area contributed by atoms with Crippen LogP contribution in [0.2, 0.25) is 5.02 Å². The van der Waals surface area contributed by atoms with Gasteiger partial charge in [-0.3, -0.25) is 24.7 Å². The number of nitrogen functional groups attached to an aromatic ring is 1. The van der Waals surface area contributed by atoms with Gasteiger partial charge in [0.1, 0.15) is 17.1 Å². The number of nitrogens with one attached hydrogen (secondary N) is 2. The zero-order valence-electron chi connectivity index (χ0n) is 25.0. The molecule has 19 nitrogen and oxygen atoms in total. The minimum atomic E-state index is -2.01. The minimum Gasteiger partial charge on any atom is -0.504 e. The first-order valence-corrected chi connectivity index (χ1v) is 16.7. The van der Waals surface area contributed by atoms with E-state index in [9.17, 15) is 49.2 Å². The molecule has 0 spiro atoms. The highest BCUT2D eigenvalue weighted by atomic mass is 35.5. The Morgan fingerprint density at radius 2 is 1.82 bits per heavy atom. The van der Waals surface area contributed by atoms with E-state index in [-0.39, 0.29) is 42.3 Å². The molecule has 5 amide bonds. The number of aromatic nitrogens is 1. The van der Waals surface area contributed by atoms with Crippen LogP contribution in [0, 0.1) is 0 Å². The molecule has 0 radical (unpaired) electrons. The van der Waals surface area contributed by atoms with Crippen LogP contribution in [0.4, 0.5) is 9.93 Å². The van der Waals surface area contributed by atoms with Gasteiger partial charge in [-0.1, -0.05) is 28.5 Å². The second kappa shape index (κ2) is 12.5. The SMILES string of the molecule is Nc1nc(/C(=N/OC2(C(=O)O)CCCC2)C(=O)N[C@@H]2C(=O)N3C[C@@](C(=O)O)(N4CCN(NC(=O)c5ccc(O)c(O)c5Cl)C4=O)S[C@H]23)cs1. The number of phenolic OH excluding ortho intramolecular Hbond substituents is 2. The van der Waals surface area contributed by atoms with Gasteiger partial charge in [0.2, 0.25) is 16.4 Å². The van der Waals surface area contributed by atoms with Gasteiger partial charge in [0.05, 0.1) is 23.7 Å². The van der Waals surface area contributed by atoms with E-state index >= 15 is 0 Å². The van der Waals surface area contributed by atoms with Crippen molar-refractivity contribution < 1.29 is 54.0 Å². The van der Waals surface area contributed by atoms with E-state index in [0.29, 0.717) is 12.8 Å². The summed E-state index contributed by atoms with van der Waals surface area (Å²) in [6.07, 6.45) is 1.47. The number of phenols is 2. The number of fused-ring (bicyclic) bond motifs is 1. The molecular weight excluding hydrogens is 712 g/mol. The maximum Gasteiger partial charge on any atom is 0.350 e. The third kappa shape index (κ3) is 5.65. The number of carboxylic acids is 2. The minimum absolute atomic E-state index is 0.0327. The van der Waals surface area contributed by atoms with E-state index < -0.39 is 86.4 Å². The van der Waals surface area contributed by atoms with Crippen LogP contribution in [0.5, 0.6) is 11.5 Å². The number of hydrazine groups is 1. The second-order valence-corrected chi connectivity index (χ2v) is 14.1. The van der Waals surface area contributed by atoms with Gasteiger partial charge >= 0.3 is 18.0 Å². The summed E-state index contributed by atoms with van der Waals surface area (Å²) in [6, 6.07) is -0.0376. The zero-order chi connectivity index (χ0) is 35.4. The fourth-order valence-electron chi connectivity index (χ4n) is 5.93. The van der Waals surface area contributed by atoms with Gasteiger partial charge in [-0.25, -0.2) is 24.4 Å². The molecule has 8 N–H and O–H groups in total. The van der Waals surface area contributed by atoms with Crippen molar-refractivity contribution >= 4 is 81.2 Å². The van der Waals surface area contributed by atoms with Gasteiger partial charge in [0.15, 0.2) is 22.3 Å². The number of hydrogen-bond donors (Lipinski definition) is 7. The Morgan fingerprint density at radius 1 is 1.10 bits per heavy atom. The molecule has 6 rings (SSSR count). The molecule has 260 valence electrons. The van der Waals surface area contributed by atoms with Crippen molar-refractivity contribution in [2.75, 3.05) is 25.4 Å². The Kier molecular flexibility index (Phi) is 8.61. The monoisotopic (exact) mass is 738 g/mol. The predicted octanol–water partition coefficient (Wildman–Crippen LogP) is 0.171. The predicted molar refractivity (Wildman–Crippen MR) is 169 cm³/mol. The summed E-state index contributed by atoms with van der Waals surface area (Å²) in [5, 5.41) is 46.9. The molecule has 4 fully saturated rings. The second-order valence-electron chi connectivity index (χ2n) is 11.4. The smallest absolute Gasteiger partial charge is 0.350 e. The van der Waals surface area contributed by atoms with Crippen molar-refractivity contribution in [1.82, 2.24) is 30.5 Å². The van der Waals surface area contributed by atoms with Crippen LogP contribution in [0.15, 0.2) is 22.7 Å². The van der Waals surface area contributed by atoms with E-state index in [0.717, 1.165) is 45.1 Å². The summed E-state index contributed by atoms with van der Waals surface area (Å²) in [5.41, 5.74) is 5.65. The van der Waals surface area contributed by atoms with Crippen molar-refractivity contribution in [3.8, 4) is 11.5 Å². The standard InChI is InChI=1S/C27H27ClN8O11S2/c28-14-11(3-4-13(37)17(14)38)18(39)32-36-8-7-35(25(36)46)27(23(44)45)10-34-20(41)16(21(34)49-27)31-19(40)15(12-9-48-24(29)30-12)33-47-26(22(42)43)5-1-2-6-26/h3-4,9,16,21,37-38H,1-2,5-8,10H2,(H2,29,30)(H,31,40)(H,32,39)(H,42,43)(H,44,45)/b33-15-/t16-,21-,27-/m1/s1. The molecule has 49 heavy (non-hydrogen) atoms. The normalized spacial score (nSPS) is 24.4. The number of hydrogen-bond acceptors (Lipinski definition) is 14. The molecule has 3 saturated heterocycles. The first-order chi connectivity index (χ1) is 23.2. The molecule has 3 aliphatic heterocycles. The van der Waals surface area contributed by atoms with Crippen LogP contribution in [-0.4, -0.2) is 123 Å². The number of nitrogens with zero attached hydrogens (tertiary/aromatic N) is 5. The molecular formula is C27H27ClN8O11S2. The molecule has 0 bridgehead atoms. The number of aliphatic carboxylic acids is 2. The molecule has 0 unspecified atom stereocenters. The third-order valence-electron chi connectivity index (χ3n) is 8.58. The molecule has 22 heteroatoms. The molecule has 3 atom stereocenters. The number of carboxylic acid groups (broad SMARTS) is 2. The van der Waals surface area contributed by atoms with Crippen LogP contribution < -0.4 is 16.5 Å². The van der Waals surface area contributed by atoms with Gasteiger partial charge in [-0.2, -0.15) is 0 Å². The molecule has 1 aliphatic carbocycles. The number of rotatable bonds is 10. The lowest BCUT2D eigenvalue weighted by molar-refractivity contribution is -0.165. The largest absolute Gasteiger partial charge is 0.504 e. The molecule has 1 aromatic heterocycles. The summed E-state index contributed by atoms with van der Waals surface area (Å²) in [7, 11) is 0. The lowest BCUT2D eigenvalue weighted by Crippen LogP contribution is -2.68. The molecule has 4 aliphatic rings. The highest BCUT2D eigenvalue weighted by Crippen LogP contribution is 2.49. The Balaban J connectivity index is 1.18. The Morgan fingerprint density at radius 3 is 2.45 bits per heavy atom. The number of thioether (sulfide) groups is 1. The van der Waals surface area contributed by atoms with E-state index in [1.807, 2.05) is 0 Å². The lowest BCUT2D eigenvalue weighted by Gasteiger charge is -2.41. The zero-order valence-corrected chi connectivity index (χ0v) is 27.4. The van der Waals surface area contributed by atoms with Crippen molar-refractivity contribution in [2.24, 2.45) is 5.16 Å². The number of aromatic hydroxyl groups is 2. The quantitative estimate of drug-likeness (QED) is 0.0741. The fraction of sp³-hybridized carbons (Fsp3) is 0.407. The van der Waals surface area contributed by atoms with E-state index in [4.69, 9.17) is 22.2 Å². The highest BCUT2D eigenvalue weighted by Gasteiger charge is 2.66. The Labute approximate surface area is 288 Å². The Bertz CT molecular complexity index is 1820. The van der Waals surface area contributed by atoms with E-state index in [1.54, 1.807) is 0 Å². The molecule has 4 heterocycles. The number of amides is 5. The number of anilines is 1. The average Bonchev–Trinajstić information content (AvgIpc) is 3.86. The molecule has 1 saturated carbocycles. The van der Waals surface area contributed by atoms with Crippen LogP contribution in [0.25, 0.3) is 0 Å². The number of oxime groups is 1. The number of thiazole rings is 1. The third-order valence-corrected chi connectivity index (χ3v) is 11.3. The highest BCUT2D eigenvalue weighted by molar-refractivity contribution is 8.02. The van der Waals surface area contributed by atoms with Crippen LogP contribution in [0.1, 0.15) is 41.7 Å². The summed E-state index contributed by atoms with van der Waals surface area (Å²) in [6.45, 7) is -0.777. The van der Waals surface area contributed by atoms with Crippen molar-refractivity contribution in [1.29, 1.82) is 0 Å². The summed E-state index contributed by atoms with van der Waals surface area (Å²) < 4.78 is 0. The number of benzene rings is 1. The molecule has 1 aromatic carbocycles.